The van der Waals surface area contributed by atoms with Crippen LogP contribution in [0.3, 0.4) is 0 Å². The zero-order valence-electron chi connectivity index (χ0n) is 13.0. The summed E-state index contributed by atoms with van der Waals surface area (Å²) < 4.78 is 13.4. The predicted molar refractivity (Wildman–Crippen MR) is 83.7 cm³/mol. The van der Waals surface area contributed by atoms with Crippen molar-refractivity contribution in [1.82, 2.24) is 4.90 Å². The van der Waals surface area contributed by atoms with Crippen LogP contribution in [0.5, 0.6) is 0 Å². The van der Waals surface area contributed by atoms with Crippen molar-refractivity contribution in [3.63, 3.8) is 0 Å². The zero-order chi connectivity index (χ0) is 14.5. The first kappa shape index (κ1) is 15.3. The van der Waals surface area contributed by atoms with Gasteiger partial charge in [0.2, 0.25) is 0 Å². The third-order valence-electron chi connectivity index (χ3n) is 4.37. The van der Waals surface area contributed by atoms with Gasteiger partial charge in [-0.25, -0.2) is 4.39 Å². The van der Waals surface area contributed by atoms with Gasteiger partial charge in [-0.15, -0.1) is 0 Å². The van der Waals surface area contributed by atoms with E-state index in [9.17, 15) is 4.39 Å². The summed E-state index contributed by atoms with van der Waals surface area (Å²) in [5.41, 5.74) is 2.05. The molecule has 1 aromatic rings. The number of piperidine rings is 1. The molecule has 0 aliphatic carbocycles. The van der Waals surface area contributed by atoms with Crippen LogP contribution in [0, 0.1) is 18.7 Å². The largest absolute Gasteiger partial charge is 0.382 e. The molecular formula is C17H27FN2. The second kappa shape index (κ2) is 7.07. The number of hydrogen-bond acceptors (Lipinski definition) is 2. The van der Waals surface area contributed by atoms with E-state index in [1.54, 1.807) is 6.07 Å². The van der Waals surface area contributed by atoms with Gasteiger partial charge in [-0.1, -0.05) is 13.0 Å². The monoisotopic (exact) mass is 278 g/mol. The molecule has 2 nitrogen and oxygen atoms in total. The SMILES string of the molecule is CCCN1CCCC(C(C)Nc2cc(F)ccc2C)C1. The standard InChI is InChI=1S/C17H27FN2/c1-4-9-20-10-5-6-15(12-20)14(3)19-17-11-16(18)8-7-13(17)2/h7-8,11,14-15,19H,4-6,9-10,12H2,1-3H3. The molecule has 112 valence electrons. The van der Waals surface area contributed by atoms with Crippen LogP contribution in [0.1, 0.15) is 38.7 Å². The van der Waals surface area contributed by atoms with Gasteiger partial charge in [-0.2, -0.15) is 0 Å². The molecule has 1 heterocycles. The van der Waals surface area contributed by atoms with Crippen molar-refractivity contribution in [3.05, 3.63) is 29.6 Å². The Bertz CT molecular complexity index is 431. The van der Waals surface area contributed by atoms with E-state index in [4.69, 9.17) is 0 Å². The van der Waals surface area contributed by atoms with Gasteiger partial charge >= 0.3 is 0 Å². The summed E-state index contributed by atoms with van der Waals surface area (Å²) in [7, 11) is 0. The first-order chi connectivity index (χ1) is 9.60. The number of halogens is 1. The van der Waals surface area contributed by atoms with Crippen molar-refractivity contribution in [2.75, 3.05) is 25.0 Å². The van der Waals surface area contributed by atoms with E-state index < -0.39 is 0 Å². The average molecular weight is 278 g/mol. The number of anilines is 1. The quantitative estimate of drug-likeness (QED) is 0.874. The van der Waals surface area contributed by atoms with Crippen LogP contribution in [-0.4, -0.2) is 30.6 Å². The van der Waals surface area contributed by atoms with Gasteiger partial charge in [0.1, 0.15) is 5.82 Å². The van der Waals surface area contributed by atoms with E-state index in [0.29, 0.717) is 12.0 Å². The second-order valence-electron chi connectivity index (χ2n) is 6.10. The molecule has 2 rings (SSSR count). The Morgan fingerprint density at radius 1 is 1.45 bits per heavy atom. The van der Waals surface area contributed by atoms with Gasteiger partial charge < -0.3 is 10.2 Å². The minimum Gasteiger partial charge on any atom is -0.382 e. The Hall–Kier alpha value is -1.09. The first-order valence-corrected chi connectivity index (χ1v) is 7.85. The summed E-state index contributed by atoms with van der Waals surface area (Å²) in [6, 6.07) is 5.36. The van der Waals surface area contributed by atoms with Gasteiger partial charge in [-0.05, 0) is 69.8 Å². The summed E-state index contributed by atoms with van der Waals surface area (Å²) in [5, 5.41) is 3.52. The molecule has 20 heavy (non-hydrogen) atoms. The lowest BCUT2D eigenvalue weighted by Crippen LogP contribution is -2.42. The molecule has 1 saturated heterocycles. The second-order valence-corrected chi connectivity index (χ2v) is 6.10. The van der Waals surface area contributed by atoms with Gasteiger partial charge in [0.15, 0.2) is 0 Å². The molecule has 1 N–H and O–H groups in total. The van der Waals surface area contributed by atoms with E-state index in [-0.39, 0.29) is 5.82 Å². The topological polar surface area (TPSA) is 15.3 Å². The lowest BCUT2D eigenvalue weighted by atomic mass is 9.91. The van der Waals surface area contributed by atoms with Crippen LogP contribution in [-0.2, 0) is 0 Å². The van der Waals surface area contributed by atoms with Crippen molar-refractivity contribution >= 4 is 5.69 Å². The number of hydrogen-bond donors (Lipinski definition) is 1. The summed E-state index contributed by atoms with van der Waals surface area (Å²) >= 11 is 0. The molecule has 0 saturated carbocycles. The smallest absolute Gasteiger partial charge is 0.125 e. The third kappa shape index (κ3) is 3.95. The lowest BCUT2D eigenvalue weighted by molar-refractivity contribution is 0.165. The fourth-order valence-electron chi connectivity index (χ4n) is 3.13. The normalized spacial score (nSPS) is 21.7. The summed E-state index contributed by atoms with van der Waals surface area (Å²) in [6.45, 7) is 10.1. The summed E-state index contributed by atoms with van der Waals surface area (Å²) in [5.74, 6) is 0.486. The van der Waals surface area contributed by atoms with E-state index in [1.165, 1.54) is 38.4 Å². The Kier molecular flexibility index (Phi) is 5.41. The zero-order valence-corrected chi connectivity index (χ0v) is 13.0. The maximum atomic E-state index is 13.4. The van der Waals surface area contributed by atoms with Crippen molar-refractivity contribution in [3.8, 4) is 0 Å². The number of nitrogens with one attached hydrogen (secondary N) is 1. The Morgan fingerprint density at radius 3 is 3.00 bits per heavy atom. The van der Waals surface area contributed by atoms with E-state index in [2.05, 4.69) is 24.1 Å². The molecule has 0 amide bonds. The highest BCUT2D eigenvalue weighted by molar-refractivity contribution is 5.51. The molecule has 2 unspecified atom stereocenters. The van der Waals surface area contributed by atoms with Crippen LogP contribution in [0.4, 0.5) is 10.1 Å². The Balaban J connectivity index is 1.96. The van der Waals surface area contributed by atoms with Gasteiger partial charge in [-0.3, -0.25) is 0 Å². The summed E-state index contributed by atoms with van der Waals surface area (Å²) in [4.78, 5) is 2.56. The molecule has 0 radical (unpaired) electrons. The Morgan fingerprint density at radius 2 is 2.25 bits per heavy atom. The first-order valence-electron chi connectivity index (χ1n) is 7.85. The highest BCUT2D eigenvalue weighted by Gasteiger charge is 2.24. The maximum Gasteiger partial charge on any atom is 0.125 e. The van der Waals surface area contributed by atoms with Crippen LogP contribution in [0.25, 0.3) is 0 Å². The molecule has 0 bridgehead atoms. The number of aryl methyl sites for hydroxylation is 1. The lowest BCUT2D eigenvalue weighted by Gasteiger charge is -2.36. The van der Waals surface area contributed by atoms with Gasteiger partial charge in [0.05, 0.1) is 0 Å². The molecule has 1 aliphatic heterocycles. The molecular weight excluding hydrogens is 251 g/mol. The van der Waals surface area contributed by atoms with Gasteiger partial charge in [0.25, 0.3) is 0 Å². The summed E-state index contributed by atoms with van der Waals surface area (Å²) in [6.07, 6.45) is 3.76. The molecule has 1 aliphatic rings. The Labute approximate surface area is 122 Å². The maximum absolute atomic E-state index is 13.4. The highest BCUT2D eigenvalue weighted by atomic mass is 19.1. The molecule has 1 fully saturated rings. The van der Waals surface area contributed by atoms with E-state index >= 15 is 0 Å². The molecule has 1 aromatic carbocycles. The van der Waals surface area contributed by atoms with Crippen molar-refractivity contribution in [2.24, 2.45) is 5.92 Å². The number of nitrogens with zero attached hydrogens (tertiary/aromatic N) is 1. The van der Waals surface area contributed by atoms with E-state index in [0.717, 1.165) is 17.8 Å². The van der Waals surface area contributed by atoms with Crippen molar-refractivity contribution in [2.45, 2.75) is 46.1 Å². The van der Waals surface area contributed by atoms with Crippen LogP contribution >= 0.6 is 0 Å². The molecule has 3 heteroatoms. The van der Waals surface area contributed by atoms with Crippen molar-refractivity contribution in [1.29, 1.82) is 0 Å². The van der Waals surface area contributed by atoms with Crippen LogP contribution in [0.15, 0.2) is 18.2 Å². The van der Waals surface area contributed by atoms with Crippen LogP contribution in [0.2, 0.25) is 0 Å². The minimum atomic E-state index is -0.165. The van der Waals surface area contributed by atoms with Crippen molar-refractivity contribution < 1.29 is 4.39 Å². The third-order valence-corrected chi connectivity index (χ3v) is 4.37. The molecule has 0 aromatic heterocycles. The predicted octanol–water partition coefficient (Wildman–Crippen LogP) is 4.06. The molecule has 0 spiro atoms. The number of benzene rings is 1. The average Bonchev–Trinajstić information content (AvgIpc) is 2.43. The molecule has 2 atom stereocenters. The van der Waals surface area contributed by atoms with E-state index in [1.807, 2.05) is 13.0 Å². The fraction of sp³-hybridized carbons (Fsp3) is 0.647. The minimum absolute atomic E-state index is 0.165. The van der Waals surface area contributed by atoms with Gasteiger partial charge in [0, 0.05) is 18.3 Å². The fourth-order valence-corrected chi connectivity index (χ4v) is 3.13. The number of rotatable bonds is 5. The van der Waals surface area contributed by atoms with Crippen LogP contribution < -0.4 is 5.32 Å². The highest BCUT2D eigenvalue weighted by Crippen LogP contribution is 2.24. The number of likely N-dealkylation sites (tertiary alicyclic amines) is 1.